The largest absolute Gasteiger partial charge is 0.443 e. The minimum Gasteiger partial charge on any atom is -0.443 e. The summed E-state index contributed by atoms with van der Waals surface area (Å²) in [5.41, 5.74) is 0.998. The fourth-order valence-electron chi connectivity index (χ4n) is 3.08. The van der Waals surface area contributed by atoms with Crippen LogP contribution >= 0.6 is 11.6 Å². The molecule has 0 aliphatic carbocycles. The Morgan fingerprint density at radius 3 is 3.04 bits per heavy atom. The van der Waals surface area contributed by atoms with Gasteiger partial charge < -0.3 is 14.1 Å². The van der Waals surface area contributed by atoms with Crippen LogP contribution < -0.4 is 0 Å². The highest BCUT2D eigenvalue weighted by molar-refractivity contribution is 6.31. The van der Waals surface area contributed by atoms with Crippen LogP contribution in [0.2, 0.25) is 5.02 Å². The van der Waals surface area contributed by atoms with Crippen LogP contribution in [0.3, 0.4) is 0 Å². The molecule has 0 spiro atoms. The van der Waals surface area contributed by atoms with E-state index in [0.717, 1.165) is 37.1 Å². The Kier molecular flexibility index (Phi) is 5.53. The molecule has 24 heavy (non-hydrogen) atoms. The molecule has 2 aromatic rings. The monoisotopic (exact) mass is 348 g/mol. The van der Waals surface area contributed by atoms with Gasteiger partial charge in [-0.3, -0.25) is 4.79 Å². The van der Waals surface area contributed by atoms with Gasteiger partial charge in [0.2, 0.25) is 11.8 Å². The van der Waals surface area contributed by atoms with Gasteiger partial charge in [-0.15, -0.1) is 0 Å². The maximum atomic E-state index is 12.2. The lowest BCUT2D eigenvalue weighted by Gasteiger charge is -2.33. The van der Waals surface area contributed by atoms with Crippen molar-refractivity contribution in [1.29, 1.82) is 0 Å². The van der Waals surface area contributed by atoms with Crippen molar-refractivity contribution in [3.63, 3.8) is 0 Å². The molecule has 1 aromatic carbocycles. The van der Waals surface area contributed by atoms with E-state index in [4.69, 9.17) is 20.8 Å². The summed E-state index contributed by atoms with van der Waals surface area (Å²) in [5, 5.41) is 0.713. The second-order valence-corrected chi connectivity index (χ2v) is 6.37. The summed E-state index contributed by atoms with van der Waals surface area (Å²) in [6.45, 7) is 0.804. The number of carbonyl (C=O) groups excluding carboxylic acids is 1. The number of piperidine rings is 1. The maximum absolute atomic E-state index is 12.2. The molecular formula is C18H21ClN2O3. The molecule has 1 aromatic heterocycles. The number of amides is 1. The molecule has 0 bridgehead atoms. The second kappa shape index (κ2) is 7.81. The first-order chi connectivity index (χ1) is 11.7. The van der Waals surface area contributed by atoms with Crippen LogP contribution in [0.4, 0.5) is 0 Å². The third kappa shape index (κ3) is 3.79. The third-order valence-corrected chi connectivity index (χ3v) is 4.64. The lowest BCUT2D eigenvalue weighted by Crippen LogP contribution is -2.40. The Morgan fingerprint density at radius 1 is 1.42 bits per heavy atom. The highest BCUT2D eigenvalue weighted by atomic mass is 35.5. The molecular weight excluding hydrogens is 328 g/mol. The number of benzene rings is 1. The Morgan fingerprint density at radius 2 is 2.25 bits per heavy atom. The van der Waals surface area contributed by atoms with E-state index in [9.17, 15) is 4.79 Å². The van der Waals surface area contributed by atoms with E-state index in [2.05, 4.69) is 4.98 Å². The number of rotatable bonds is 5. The first-order valence-electron chi connectivity index (χ1n) is 8.15. The maximum Gasteiger partial charge on any atom is 0.249 e. The van der Waals surface area contributed by atoms with Crippen LogP contribution in [0.15, 0.2) is 34.9 Å². The molecule has 1 aliphatic heterocycles. The summed E-state index contributed by atoms with van der Waals surface area (Å²) in [6, 6.07) is 7.57. The zero-order valence-electron chi connectivity index (χ0n) is 13.7. The summed E-state index contributed by atoms with van der Waals surface area (Å²) in [5.74, 6) is 1.33. The van der Waals surface area contributed by atoms with Gasteiger partial charge in [0.25, 0.3) is 0 Å². The third-order valence-electron chi connectivity index (χ3n) is 4.27. The fourth-order valence-corrected chi connectivity index (χ4v) is 3.28. The van der Waals surface area contributed by atoms with Crippen LogP contribution in [-0.4, -0.2) is 36.1 Å². The van der Waals surface area contributed by atoms with Crippen LogP contribution in [0.5, 0.6) is 0 Å². The Bertz CT molecular complexity index is 701. The van der Waals surface area contributed by atoms with Crippen LogP contribution in [0, 0.1) is 0 Å². The first kappa shape index (κ1) is 17.0. The zero-order chi connectivity index (χ0) is 16.9. The van der Waals surface area contributed by atoms with E-state index >= 15 is 0 Å². The fraction of sp³-hybridized carbons (Fsp3) is 0.444. The average Bonchev–Trinajstić information content (AvgIpc) is 3.06. The predicted octanol–water partition coefficient (Wildman–Crippen LogP) is 3.62. The van der Waals surface area contributed by atoms with Gasteiger partial charge in [-0.1, -0.05) is 29.8 Å². The summed E-state index contributed by atoms with van der Waals surface area (Å²) >= 11 is 6.20. The number of carbonyl (C=O) groups is 1. The number of oxazole rings is 1. The molecule has 128 valence electrons. The Labute approximate surface area is 146 Å². The predicted molar refractivity (Wildman–Crippen MR) is 90.9 cm³/mol. The van der Waals surface area contributed by atoms with Crippen LogP contribution in [-0.2, 0) is 16.0 Å². The number of aromatic nitrogens is 1. The number of hydrogen-bond donors (Lipinski definition) is 0. The second-order valence-electron chi connectivity index (χ2n) is 5.96. The van der Waals surface area contributed by atoms with Crippen molar-refractivity contribution in [2.75, 3.05) is 20.3 Å². The molecule has 1 atom stereocenters. The van der Waals surface area contributed by atoms with Crippen molar-refractivity contribution in [1.82, 2.24) is 9.88 Å². The van der Waals surface area contributed by atoms with E-state index < -0.39 is 0 Å². The van der Waals surface area contributed by atoms with Crippen molar-refractivity contribution in [2.45, 2.75) is 31.7 Å². The topological polar surface area (TPSA) is 55.6 Å². The zero-order valence-corrected chi connectivity index (χ0v) is 14.5. The molecule has 1 fully saturated rings. The first-order valence-corrected chi connectivity index (χ1v) is 8.53. The van der Waals surface area contributed by atoms with Gasteiger partial charge in [0.05, 0.1) is 6.20 Å². The van der Waals surface area contributed by atoms with Gasteiger partial charge in [-0.25, -0.2) is 4.98 Å². The molecule has 1 aliphatic rings. The number of hydrogen-bond acceptors (Lipinski definition) is 4. The molecule has 3 rings (SSSR count). The van der Waals surface area contributed by atoms with E-state index in [1.54, 1.807) is 6.20 Å². The number of nitrogens with zero attached hydrogens (tertiary/aromatic N) is 2. The van der Waals surface area contributed by atoms with Crippen molar-refractivity contribution in [3.05, 3.63) is 52.7 Å². The summed E-state index contributed by atoms with van der Waals surface area (Å²) < 4.78 is 10.9. The molecule has 0 unspecified atom stereocenters. The van der Waals surface area contributed by atoms with E-state index in [0.29, 0.717) is 17.3 Å². The Balaban J connectivity index is 1.76. The van der Waals surface area contributed by atoms with Gasteiger partial charge >= 0.3 is 0 Å². The standard InChI is InChI=1S/C18H21ClN2O3/c1-23-12-17(22)21-9-5-4-8-16(21)18-20-11-14(24-18)10-13-6-2-3-7-15(13)19/h2-3,6-7,11,16H,4-5,8-10,12H2,1H3/t16-/m1/s1. The number of methoxy groups -OCH3 is 1. The van der Waals surface area contributed by atoms with E-state index in [-0.39, 0.29) is 18.6 Å². The molecule has 5 nitrogen and oxygen atoms in total. The number of ether oxygens (including phenoxy) is 1. The van der Waals surface area contributed by atoms with Gasteiger partial charge in [-0.2, -0.15) is 0 Å². The summed E-state index contributed by atoms with van der Waals surface area (Å²) in [6.07, 6.45) is 5.24. The van der Waals surface area contributed by atoms with Crippen molar-refractivity contribution < 1.29 is 13.9 Å². The van der Waals surface area contributed by atoms with Crippen molar-refractivity contribution >= 4 is 17.5 Å². The molecule has 0 radical (unpaired) electrons. The molecule has 0 saturated carbocycles. The van der Waals surface area contributed by atoms with Crippen molar-refractivity contribution in [2.24, 2.45) is 0 Å². The summed E-state index contributed by atoms with van der Waals surface area (Å²) in [7, 11) is 1.53. The highest BCUT2D eigenvalue weighted by Crippen LogP contribution is 2.31. The van der Waals surface area contributed by atoms with Gasteiger partial charge in [-0.05, 0) is 30.9 Å². The van der Waals surface area contributed by atoms with E-state index in [1.807, 2.05) is 29.2 Å². The minimum absolute atomic E-state index is 0.0203. The number of halogens is 1. The van der Waals surface area contributed by atoms with Gasteiger partial charge in [0.1, 0.15) is 18.4 Å². The average molecular weight is 349 g/mol. The van der Waals surface area contributed by atoms with Crippen molar-refractivity contribution in [3.8, 4) is 0 Å². The number of likely N-dealkylation sites (tertiary alicyclic amines) is 1. The van der Waals surface area contributed by atoms with Gasteiger partial charge in [0, 0.05) is 25.1 Å². The minimum atomic E-state index is -0.110. The smallest absolute Gasteiger partial charge is 0.249 e. The van der Waals surface area contributed by atoms with Crippen LogP contribution in [0.25, 0.3) is 0 Å². The molecule has 0 N–H and O–H groups in total. The molecule has 2 heterocycles. The lowest BCUT2D eigenvalue weighted by atomic mass is 10.0. The lowest BCUT2D eigenvalue weighted by molar-refractivity contribution is -0.139. The normalized spacial score (nSPS) is 17.9. The quantitative estimate of drug-likeness (QED) is 0.828. The Hall–Kier alpha value is -1.85. The molecule has 1 amide bonds. The molecule has 1 saturated heterocycles. The molecule has 6 heteroatoms. The highest BCUT2D eigenvalue weighted by Gasteiger charge is 2.31. The summed E-state index contributed by atoms with van der Waals surface area (Å²) in [4.78, 5) is 18.5. The van der Waals surface area contributed by atoms with Crippen LogP contribution in [0.1, 0.15) is 42.5 Å². The van der Waals surface area contributed by atoms with E-state index in [1.165, 1.54) is 7.11 Å². The SMILES string of the molecule is COCC(=O)N1CCCC[C@@H]1c1ncc(Cc2ccccc2Cl)o1. The van der Waals surface area contributed by atoms with Gasteiger partial charge in [0.15, 0.2) is 0 Å².